The molecule has 0 radical (unpaired) electrons. The Morgan fingerprint density at radius 1 is 1.35 bits per heavy atom. The van der Waals surface area contributed by atoms with Crippen molar-refractivity contribution in [2.75, 3.05) is 19.7 Å². The SMILES string of the molecule is CC(C#N)Cn1cccc(OCC(=O)N2CCCCCC2)c1=O. The minimum atomic E-state index is -0.307. The Morgan fingerprint density at radius 2 is 2.04 bits per heavy atom. The van der Waals surface area contributed by atoms with Crippen molar-refractivity contribution in [3.05, 3.63) is 28.7 Å². The number of nitriles is 1. The molecule has 0 aromatic carbocycles. The summed E-state index contributed by atoms with van der Waals surface area (Å²) in [6.45, 7) is 3.48. The summed E-state index contributed by atoms with van der Waals surface area (Å²) in [5.41, 5.74) is -0.307. The minimum absolute atomic E-state index is 0.0768. The molecule has 2 heterocycles. The van der Waals surface area contributed by atoms with Gasteiger partial charge in [-0.05, 0) is 31.9 Å². The Bertz CT molecular complexity index is 625. The first-order valence-electron chi connectivity index (χ1n) is 8.11. The van der Waals surface area contributed by atoms with E-state index in [1.807, 2.05) is 4.90 Å². The number of hydrogen-bond donors (Lipinski definition) is 0. The number of nitrogens with zero attached hydrogens (tertiary/aromatic N) is 3. The lowest BCUT2D eigenvalue weighted by Crippen LogP contribution is -2.36. The van der Waals surface area contributed by atoms with Crippen molar-refractivity contribution >= 4 is 5.91 Å². The molecule has 1 unspecified atom stereocenters. The van der Waals surface area contributed by atoms with Crippen LogP contribution in [0.3, 0.4) is 0 Å². The quantitative estimate of drug-likeness (QED) is 0.829. The van der Waals surface area contributed by atoms with E-state index in [1.54, 1.807) is 25.3 Å². The number of amides is 1. The van der Waals surface area contributed by atoms with Gasteiger partial charge in [0.1, 0.15) is 0 Å². The lowest BCUT2D eigenvalue weighted by molar-refractivity contribution is -0.133. The van der Waals surface area contributed by atoms with Crippen LogP contribution in [0.2, 0.25) is 0 Å². The standard InChI is InChI=1S/C17H23N3O3/c1-14(11-18)12-20-10-6-7-15(17(20)22)23-13-16(21)19-8-4-2-3-5-9-19/h6-7,10,14H,2-5,8-9,12-13H2,1H3. The van der Waals surface area contributed by atoms with Crippen LogP contribution >= 0.6 is 0 Å². The Hall–Kier alpha value is -2.29. The number of carbonyl (C=O) groups is 1. The molecular weight excluding hydrogens is 294 g/mol. The van der Waals surface area contributed by atoms with Gasteiger partial charge in [0.2, 0.25) is 0 Å². The molecule has 1 saturated heterocycles. The molecule has 0 saturated carbocycles. The Kier molecular flexibility index (Phi) is 6.21. The molecule has 0 N–H and O–H groups in total. The molecule has 0 aliphatic carbocycles. The summed E-state index contributed by atoms with van der Waals surface area (Å²) < 4.78 is 6.89. The zero-order valence-electron chi connectivity index (χ0n) is 13.5. The summed E-state index contributed by atoms with van der Waals surface area (Å²) in [5, 5.41) is 8.85. The average molecular weight is 317 g/mol. The van der Waals surface area contributed by atoms with Crippen LogP contribution in [0.25, 0.3) is 0 Å². The first kappa shape index (κ1) is 17.1. The van der Waals surface area contributed by atoms with E-state index < -0.39 is 0 Å². The van der Waals surface area contributed by atoms with Crippen LogP contribution < -0.4 is 10.3 Å². The highest BCUT2D eigenvalue weighted by molar-refractivity contribution is 5.77. The number of likely N-dealkylation sites (tertiary alicyclic amines) is 1. The summed E-state index contributed by atoms with van der Waals surface area (Å²) >= 11 is 0. The van der Waals surface area contributed by atoms with E-state index in [2.05, 4.69) is 6.07 Å². The lowest BCUT2D eigenvalue weighted by atomic mass is 10.2. The van der Waals surface area contributed by atoms with Crippen LogP contribution in [-0.2, 0) is 11.3 Å². The van der Waals surface area contributed by atoms with Gasteiger partial charge < -0.3 is 14.2 Å². The van der Waals surface area contributed by atoms with Gasteiger partial charge in [0.15, 0.2) is 12.4 Å². The van der Waals surface area contributed by atoms with Crippen LogP contribution in [0.5, 0.6) is 5.75 Å². The van der Waals surface area contributed by atoms with Crippen molar-refractivity contribution < 1.29 is 9.53 Å². The second-order valence-corrected chi connectivity index (χ2v) is 5.94. The fourth-order valence-electron chi connectivity index (χ4n) is 2.66. The first-order valence-corrected chi connectivity index (χ1v) is 8.11. The molecule has 6 heteroatoms. The van der Waals surface area contributed by atoms with Gasteiger partial charge in [-0.15, -0.1) is 0 Å². The predicted molar refractivity (Wildman–Crippen MR) is 86.0 cm³/mol. The van der Waals surface area contributed by atoms with Crippen molar-refractivity contribution in [2.24, 2.45) is 5.92 Å². The first-order chi connectivity index (χ1) is 11.1. The minimum Gasteiger partial charge on any atom is -0.478 e. The van der Waals surface area contributed by atoms with Gasteiger partial charge in [0.05, 0.1) is 12.0 Å². The maximum absolute atomic E-state index is 12.3. The third-order valence-corrected chi connectivity index (χ3v) is 3.99. The highest BCUT2D eigenvalue weighted by atomic mass is 16.5. The van der Waals surface area contributed by atoms with Crippen molar-refractivity contribution in [3.8, 4) is 11.8 Å². The van der Waals surface area contributed by atoms with Crippen molar-refractivity contribution in [2.45, 2.75) is 39.2 Å². The largest absolute Gasteiger partial charge is 0.478 e. The predicted octanol–water partition coefficient (Wildman–Crippen LogP) is 1.79. The van der Waals surface area contributed by atoms with Gasteiger partial charge in [-0.1, -0.05) is 12.8 Å². The van der Waals surface area contributed by atoms with E-state index in [0.29, 0.717) is 6.54 Å². The molecule has 1 aromatic rings. The van der Waals surface area contributed by atoms with Crippen LogP contribution in [0.4, 0.5) is 0 Å². The van der Waals surface area contributed by atoms with Gasteiger partial charge in [-0.3, -0.25) is 9.59 Å². The van der Waals surface area contributed by atoms with E-state index in [1.165, 1.54) is 4.57 Å². The van der Waals surface area contributed by atoms with Crippen molar-refractivity contribution in [1.82, 2.24) is 9.47 Å². The van der Waals surface area contributed by atoms with Gasteiger partial charge in [-0.2, -0.15) is 5.26 Å². The molecule has 2 rings (SSSR count). The molecular formula is C17H23N3O3. The van der Waals surface area contributed by atoms with Crippen LogP contribution in [0.15, 0.2) is 23.1 Å². The molecule has 1 aliphatic heterocycles. The third kappa shape index (κ3) is 4.85. The van der Waals surface area contributed by atoms with Gasteiger partial charge in [-0.25, -0.2) is 0 Å². The van der Waals surface area contributed by atoms with Crippen molar-refractivity contribution in [1.29, 1.82) is 5.26 Å². The Balaban J connectivity index is 1.97. The Labute approximate surface area is 136 Å². The molecule has 1 aliphatic rings. The van der Waals surface area contributed by atoms with E-state index in [4.69, 9.17) is 10.00 Å². The Morgan fingerprint density at radius 3 is 2.70 bits per heavy atom. The maximum atomic E-state index is 12.3. The number of aromatic nitrogens is 1. The number of carbonyl (C=O) groups excluding carboxylic acids is 1. The summed E-state index contributed by atoms with van der Waals surface area (Å²) in [6.07, 6.45) is 5.99. The molecule has 1 atom stereocenters. The molecule has 0 spiro atoms. The zero-order chi connectivity index (χ0) is 16.7. The third-order valence-electron chi connectivity index (χ3n) is 3.99. The van der Waals surface area contributed by atoms with Gasteiger partial charge >= 0.3 is 0 Å². The monoisotopic (exact) mass is 317 g/mol. The maximum Gasteiger partial charge on any atom is 0.292 e. The molecule has 23 heavy (non-hydrogen) atoms. The van der Waals surface area contributed by atoms with E-state index in [9.17, 15) is 9.59 Å². The van der Waals surface area contributed by atoms with Gasteiger partial charge in [0, 0.05) is 25.8 Å². The summed E-state index contributed by atoms with van der Waals surface area (Å²) in [4.78, 5) is 26.3. The average Bonchev–Trinajstić information content (AvgIpc) is 2.84. The fraction of sp³-hybridized carbons (Fsp3) is 0.588. The number of hydrogen-bond acceptors (Lipinski definition) is 4. The topological polar surface area (TPSA) is 75.3 Å². The molecule has 1 aromatic heterocycles. The van der Waals surface area contributed by atoms with Crippen LogP contribution in [0.1, 0.15) is 32.6 Å². The van der Waals surface area contributed by atoms with Gasteiger partial charge in [0.25, 0.3) is 11.5 Å². The highest BCUT2D eigenvalue weighted by Gasteiger charge is 2.17. The molecule has 0 bridgehead atoms. The number of pyridine rings is 1. The smallest absolute Gasteiger partial charge is 0.292 e. The normalized spacial score (nSPS) is 16.3. The number of rotatable bonds is 5. The number of ether oxygens (including phenoxy) is 1. The van der Waals surface area contributed by atoms with E-state index in [-0.39, 0.29) is 29.7 Å². The molecule has 1 amide bonds. The van der Waals surface area contributed by atoms with Crippen molar-refractivity contribution in [3.63, 3.8) is 0 Å². The second kappa shape index (κ2) is 8.37. The lowest BCUT2D eigenvalue weighted by Gasteiger charge is -2.20. The fourth-order valence-corrected chi connectivity index (χ4v) is 2.66. The van der Waals surface area contributed by atoms with Crippen LogP contribution in [-0.4, -0.2) is 35.1 Å². The van der Waals surface area contributed by atoms with Crippen LogP contribution in [0, 0.1) is 17.2 Å². The van der Waals surface area contributed by atoms with E-state index >= 15 is 0 Å². The summed E-state index contributed by atoms with van der Waals surface area (Å²) in [6, 6.07) is 5.35. The zero-order valence-corrected chi connectivity index (χ0v) is 13.5. The molecule has 6 nitrogen and oxygen atoms in total. The molecule has 124 valence electrons. The second-order valence-electron chi connectivity index (χ2n) is 5.94. The molecule has 1 fully saturated rings. The summed E-state index contributed by atoms with van der Waals surface area (Å²) in [5.74, 6) is -0.186. The highest BCUT2D eigenvalue weighted by Crippen LogP contribution is 2.10. The van der Waals surface area contributed by atoms with E-state index in [0.717, 1.165) is 38.8 Å². The summed E-state index contributed by atoms with van der Waals surface area (Å²) in [7, 11) is 0.